The molecule has 0 fully saturated rings. The van der Waals surface area contributed by atoms with Crippen LogP contribution in [-0.2, 0) is 4.74 Å². The highest BCUT2D eigenvalue weighted by molar-refractivity contribution is 6.25. The second kappa shape index (κ2) is 14.1. The molecule has 4 aromatic rings. The molecule has 3 nitrogen and oxygen atoms in total. The predicted octanol–water partition coefficient (Wildman–Crippen LogP) is 10.6. The van der Waals surface area contributed by atoms with Gasteiger partial charge >= 0.3 is 6.09 Å². The highest BCUT2D eigenvalue weighted by atomic mass is 16.5. The van der Waals surface area contributed by atoms with Crippen molar-refractivity contribution in [2.75, 3.05) is 11.9 Å². The SMILES string of the molecule is CCCCCCCCCCCCCCCCOC(=O)Nc1ccc2ccc3cccc4ccc1c2c34. The molecule has 1 amide bonds. The summed E-state index contributed by atoms with van der Waals surface area (Å²) in [5.74, 6) is 0. The van der Waals surface area contributed by atoms with Crippen molar-refractivity contribution < 1.29 is 9.53 Å². The van der Waals surface area contributed by atoms with Crippen molar-refractivity contribution in [1.29, 1.82) is 0 Å². The minimum atomic E-state index is -0.361. The van der Waals surface area contributed by atoms with E-state index >= 15 is 0 Å². The lowest BCUT2D eigenvalue weighted by Crippen LogP contribution is -2.14. The zero-order valence-corrected chi connectivity index (χ0v) is 22.1. The van der Waals surface area contributed by atoms with Crippen LogP contribution in [-0.4, -0.2) is 12.7 Å². The van der Waals surface area contributed by atoms with Crippen molar-refractivity contribution in [3.8, 4) is 0 Å². The van der Waals surface area contributed by atoms with E-state index in [0.717, 1.165) is 23.9 Å². The van der Waals surface area contributed by atoms with Gasteiger partial charge in [0.2, 0.25) is 0 Å². The summed E-state index contributed by atoms with van der Waals surface area (Å²) < 4.78 is 5.49. The van der Waals surface area contributed by atoms with Crippen molar-refractivity contribution in [3.63, 3.8) is 0 Å². The lowest BCUT2D eigenvalue weighted by molar-refractivity contribution is 0.159. The van der Waals surface area contributed by atoms with Crippen LogP contribution >= 0.6 is 0 Å². The van der Waals surface area contributed by atoms with Gasteiger partial charge in [-0.15, -0.1) is 0 Å². The fourth-order valence-electron chi connectivity index (χ4n) is 5.45. The Morgan fingerprint density at radius 1 is 0.611 bits per heavy atom. The fourth-order valence-corrected chi connectivity index (χ4v) is 5.45. The highest BCUT2D eigenvalue weighted by Crippen LogP contribution is 2.37. The highest BCUT2D eigenvalue weighted by Gasteiger charge is 2.12. The normalized spacial score (nSPS) is 11.6. The van der Waals surface area contributed by atoms with Crippen LogP contribution in [0.15, 0.2) is 54.6 Å². The maximum atomic E-state index is 12.5. The molecule has 0 aliphatic heterocycles. The van der Waals surface area contributed by atoms with Gasteiger partial charge in [0.15, 0.2) is 0 Å². The van der Waals surface area contributed by atoms with E-state index in [9.17, 15) is 4.79 Å². The third-order valence-corrected chi connectivity index (χ3v) is 7.50. The maximum Gasteiger partial charge on any atom is 0.411 e. The van der Waals surface area contributed by atoms with Crippen molar-refractivity contribution in [2.24, 2.45) is 0 Å². The van der Waals surface area contributed by atoms with Gasteiger partial charge in [-0.2, -0.15) is 0 Å². The quantitative estimate of drug-likeness (QED) is 0.127. The molecule has 1 N–H and O–H groups in total. The number of ether oxygens (including phenoxy) is 1. The molecule has 0 atom stereocenters. The number of hydrogen-bond donors (Lipinski definition) is 1. The van der Waals surface area contributed by atoms with Crippen LogP contribution in [0, 0.1) is 0 Å². The second-order valence-electron chi connectivity index (χ2n) is 10.3. The maximum absolute atomic E-state index is 12.5. The minimum Gasteiger partial charge on any atom is -0.449 e. The van der Waals surface area contributed by atoms with Crippen LogP contribution in [0.1, 0.15) is 96.8 Å². The molecule has 0 spiro atoms. The molecular formula is C33H43NO2. The summed E-state index contributed by atoms with van der Waals surface area (Å²) >= 11 is 0. The number of rotatable bonds is 16. The predicted molar refractivity (Wildman–Crippen MR) is 155 cm³/mol. The van der Waals surface area contributed by atoms with Gasteiger partial charge in [-0.3, -0.25) is 5.32 Å². The molecule has 4 rings (SSSR count). The van der Waals surface area contributed by atoms with E-state index in [1.165, 1.54) is 104 Å². The number of amides is 1. The molecule has 192 valence electrons. The standard InChI is InChI=1S/C33H43NO2/c1-2-3-4-5-6-7-8-9-10-11-12-13-14-15-25-36-33(35)34-30-24-22-28-20-19-26-17-16-18-27-21-23-29(30)32(28)31(26)27/h16-24H,2-15,25H2,1H3,(H,34,35). The Morgan fingerprint density at radius 2 is 1.11 bits per heavy atom. The first-order valence-electron chi connectivity index (χ1n) is 14.4. The summed E-state index contributed by atoms with van der Waals surface area (Å²) in [7, 11) is 0. The Balaban J connectivity index is 1.11. The van der Waals surface area contributed by atoms with Crippen LogP contribution in [0.4, 0.5) is 10.5 Å². The molecule has 0 heterocycles. The molecule has 0 aromatic heterocycles. The zero-order chi connectivity index (χ0) is 25.0. The Kier molecular flexibility index (Phi) is 10.3. The molecule has 4 aromatic carbocycles. The molecule has 0 saturated heterocycles. The van der Waals surface area contributed by atoms with Crippen molar-refractivity contribution in [3.05, 3.63) is 54.6 Å². The van der Waals surface area contributed by atoms with Crippen molar-refractivity contribution in [1.82, 2.24) is 0 Å². The third-order valence-electron chi connectivity index (χ3n) is 7.50. The van der Waals surface area contributed by atoms with Crippen LogP contribution in [0.3, 0.4) is 0 Å². The minimum absolute atomic E-state index is 0.361. The van der Waals surface area contributed by atoms with E-state index < -0.39 is 0 Å². The summed E-state index contributed by atoms with van der Waals surface area (Å²) in [6.45, 7) is 2.76. The van der Waals surface area contributed by atoms with Crippen molar-refractivity contribution >= 4 is 44.1 Å². The zero-order valence-electron chi connectivity index (χ0n) is 22.1. The molecule has 0 unspecified atom stereocenters. The Morgan fingerprint density at radius 3 is 1.72 bits per heavy atom. The Labute approximate surface area is 216 Å². The average molecular weight is 486 g/mol. The van der Waals surface area contributed by atoms with Gasteiger partial charge in [0.1, 0.15) is 0 Å². The Bertz CT molecular complexity index is 1200. The van der Waals surface area contributed by atoms with Gasteiger partial charge in [-0.25, -0.2) is 4.79 Å². The number of hydrogen-bond acceptors (Lipinski definition) is 2. The number of carbonyl (C=O) groups is 1. The first-order valence-corrected chi connectivity index (χ1v) is 14.4. The molecular weight excluding hydrogens is 442 g/mol. The topological polar surface area (TPSA) is 38.3 Å². The summed E-state index contributed by atoms with van der Waals surface area (Å²) in [5.41, 5.74) is 0.812. The first-order chi connectivity index (χ1) is 17.8. The van der Waals surface area contributed by atoms with Crippen LogP contribution in [0.5, 0.6) is 0 Å². The molecule has 36 heavy (non-hydrogen) atoms. The molecule has 0 aliphatic rings. The smallest absolute Gasteiger partial charge is 0.411 e. The summed E-state index contributed by atoms with van der Waals surface area (Å²) in [4.78, 5) is 12.5. The van der Waals surface area contributed by atoms with E-state index in [1.54, 1.807) is 0 Å². The van der Waals surface area contributed by atoms with E-state index in [4.69, 9.17) is 4.74 Å². The summed E-state index contributed by atoms with van der Waals surface area (Å²) in [5, 5.41) is 10.1. The average Bonchev–Trinajstić information content (AvgIpc) is 2.90. The van der Waals surface area contributed by atoms with E-state index in [2.05, 4.69) is 60.8 Å². The molecule has 3 heteroatoms. The van der Waals surface area contributed by atoms with E-state index in [1.807, 2.05) is 6.07 Å². The van der Waals surface area contributed by atoms with Crippen LogP contribution in [0.25, 0.3) is 32.3 Å². The fraction of sp³-hybridized carbons (Fsp3) is 0.485. The molecule has 0 saturated carbocycles. The monoisotopic (exact) mass is 485 g/mol. The molecule has 0 aliphatic carbocycles. The van der Waals surface area contributed by atoms with E-state index in [-0.39, 0.29) is 6.09 Å². The van der Waals surface area contributed by atoms with Gasteiger partial charge in [0.05, 0.1) is 12.3 Å². The van der Waals surface area contributed by atoms with Crippen LogP contribution in [0.2, 0.25) is 0 Å². The number of nitrogens with one attached hydrogen (secondary N) is 1. The van der Waals surface area contributed by atoms with Crippen molar-refractivity contribution in [2.45, 2.75) is 96.8 Å². The van der Waals surface area contributed by atoms with Gasteiger partial charge in [0, 0.05) is 5.39 Å². The Hall–Kier alpha value is -2.81. The van der Waals surface area contributed by atoms with E-state index in [0.29, 0.717) is 6.61 Å². The number of carbonyl (C=O) groups excluding carboxylic acids is 1. The van der Waals surface area contributed by atoms with Crippen LogP contribution < -0.4 is 5.32 Å². The van der Waals surface area contributed by atoms with Gasteiger partial charge in [0.25, 0.3) is 0 Å². The number of anilines is 1. The lowest BCUT2D eigenvalue weighted by atomic mass is 9.93. The largest absolute Gasteiger partial charge is 0.449 e. The lowest BCUT2D eigenvalue weighted by Gasteiger charge is -2.14. The summed E-state index contributed by atoms with van der Waals surface area (Å²) in [6, 6.07) is 19.0. The van der Waals surface area contributed by atoms with Gasteiger partial charge in [-0.1, -0.05) is 139 Å². The number of unbranched alkanes of at least 4 members (excludes halogenated alkanes) is 13. The van der Waals surface area contributed by atoms with Gasteiger partial charge in [-0.05, 0) is 39.4 Å². The van der Waals surface area contributed by atoms with Gasteiger partial charge < -0.3 is 4.74 Å². The first kappa shape index (κ1) is 26.3. The molecule has 0 bridgehead atoms. The third kappa shape index (κ3) is 7.12. The molecule has 0 radical (unpaired) electrons. The second-order valence-corrected chi connectivity index (χ2v) is 10.3. The number of benzene rings is 4. The summed E-state index contributed by atoms with van der Waals surface area (Å²) in [6.07, 6.45) is 18.1.